The highest BCUT2D eigenvalue weighted by Gasteiger charge is 2.24. The van der Waals surface area contributed by atoms with E-state index in [9.17, 15) is 9.59 Å². The third kappa shape index (κ3) is 2.85. The Hall–Kier alpha value is -1.36. The first-order valence-electron chi connectivity index (χ1n) is 4.16. The average Bonchev–Trinajstić information content (AvgIpc) is 2.10. The molecule has 0 aliphatic carbocycles. The van der Waals surface area contributed by atoms with Gasteiger partial charge in [-0.3, -0.25) is 4.79 Å². The molecule has 0 bridgehead atoms. The maximum atomic E-state index is 11.2. The first-order valence-corrected chi connectivity index (χ1v) is 4.16. The van der Waals surface area contributed by atoms with Gasteiger partial charge in [0.25, 0.3) is 0 Å². The lowest BCUT2D eigenvalue weighted by Gasteiger charge is -2.25. The summed E-state index contributed by atoms with van der Waals surface area (Å²) in [5, 5.41) is 0. The van der Waals surface area contributed by atoms with Crippen LogP contribution in [0.3, 0.4) is 0 Å². The molecule has 0 spiro atoms. The van der Waals surface area contributed by atoms with Gasteiger partial charge in [-0.25, -0.2) is 4.79 Å². The first kappa shape index (κ1) is 10.7. The second kappa shape index (κ2) is 4.76. The molecule has 5 heteroatoms. The molecule has 78 valence electrons. The summed E-state index contributed by atoms with van der Waals surface area (Å²) in [6.45, 7) is 4.27. The number of rotatable bonds is 4. The van der Waals surface area contributed by atoms with Crippen molar-refractivity contribution in [3.8, 4) is 0 Å². The quantitative estimate of drug-likeness (QED) is 0.474. The minimum absolute atomic E-state index is 0.101. The number of methoxy groups -OCH3 is 1. The van der Waals surface area contributed by atoms with Gasteiger partial charge in [-0.2, -0.15) is 0 Å². The minimum atomic E-state index is -0.566. The SMILES string of the molecule is C=C(CC(=O)OC)C(=O)OC1COC1. The smallest absolute Gasteiger partial charge is 0.334 e. The molecule has 0 aromatic rings. The summed E-state index contributed by atoms with van der Waals surface area (Å²) >= 11 is 0. The number of hydrogen-bond donors (Lipinski definition) is 0. The van der Waals surface area contributed by atoms with E-state index in [4.69, 9.17) is 9.47 Å². The van der Waals surface area contributed by atoms with Crippen molar-refractivity contribution in [1.29, 1.82) is 0 Å². The summed E-state index contributed by atoms with van der Waals surface area (Å²) in [6, 6.07) is 0. The van der Waals surface area contributed by atoms with Crippen molar-refractivity contribution in [2.45, 2.75) is 12.5 Å². The largest absolute Gasteiger partial charge is 0.469 e. The topological polar surface area (TPSA) is 61.8 Å². The number of ether oxygens (including phenoxy) is 3. The van der Waals surface area contributed by atoms with Crippen LogP contribution in [0, 0.1) is 0 Å². The zero-order valence-corrected chi connectivity index (χ0v) is 7.95. The molecule has 1 saturated heterocycles. The monoisotopic (exact) mass is 200 g/mol. The van der Waals surface area contributed by atoms with E-state index in [-0.39, 0.29) is 18.1 Å². The predicted molar refractivity (Wildman–Crippen MR) is 46.5 cm³/mol. The zero-order valence-electron chi connectivity index (χ0n) is 7.95. The molecule has 1 aliphatic rings. The van der Waals surface area contributed by atoms with Gasteiger partial charge in [0.2, 0.25) is 0 Å². The lowest BCUT2D eigenvalue weighted by molar-refractivity contribution is -0.168. The molecule has 0 N–H and O–H groups in total. The number of carbonyl (C=O) groups is 2. The lowest BCUT2D eigenvalue weighted by atomic mass is 10.2. The van der Waals surface area contributed by atoms with Crippen molar-refractivity contribution in [1.82, 2.24) is 0 Å². The van der Waals surface area contributed by atoms with Gasteiger partial charge >= 0.3 is 11.9 Å². The van der Waals surface area contributed by atoms with Crippen molar-refractivity contribution < 1.29 is 23.8 Å². The molecule has 0 saturated carbocycles. The van der Waals surface area contributed by atoms with Gasteiger partial charge in [-0.05, 0) is 0 Å². The van der Waals surface area contributed by atoms with E-state index >= 15 is 0 Å². The highest BCUT2D eigenvalue weighted by atomic mass is 16.6. The molecule has 0 amide bonds. The van der Waals surface area contributed by atoms with Crippen LogP contribution in [0.25, 0.3) is 0 Å². The van der Waals surface area contributed by atoms with E-state index < -0.39 is 11.9 Å². The Morgan fingerprint density at radius 1 is 1.50 bits per heavy atom. The molecule has 14 heavy (non-hydrogen) atoms. The molecule has 0 atom stereocenters. The van der Waals surface area contributed by atoms with Crippen LogP contribution in [0.4, 0.5) is 0 Å². The molecule has 1 aliphatic heterocycles. The summed E-state index contributed by atoms with van der Waals surface area (Å²) in [6.07, 6.45) is -0.333. The van der Waals surface area contributed by atoms with Crippen molar-refractivity contribution in [3.63, 3.8) is 0 Å². The van der Waals surface area contributed by atoms with Crippen molar-refractivity contribution in [2.75, 3.05) is 20.3 Å². The van der Waals surface area contributed by atoms with Gasteiger partial charge in [0.05, 0.1) is 26.7 Å². The standard InChI is InChI=1S/C9H12O5/c1-6(3-8(10)12-2)9(11)14-7-4-13-5-7/h7H,1,3-5H2,2H3. The molecule has 0 aromatic heterocycles. The van der Waals surface area contributed by atoms with E-state index in [2.05, 4.69) is 11.3 Å². The summed E-state index contributed by atoms with van der Waals surface area (Å²) in [5.41, 5.74) is 0.101. The van der Waals surface area contributed by atoms with Crippen LogP contribution in [-0.4, -0.2) is 38.4 Å². The van der Waals surface area contributed by atoms with Crippen LogP contribution in [0.1, 0.15) is 6.42 Å². The predicted octanol–water partition coefficient (Wildman–Crippen LogP) is 0.0477. The van der Waals surface area contributed by atoms with Gasteiger partial charge < -0.3 is 14.2 Å². The summed E-state index contributed by atoms with van der Waals surface area (Å²) in [4.78, 5) is 22.0. The summed E-state index contributed by atoms with van der Waals surface area (Å²) in [5.74, 6) is -1.07. The first-order chi connectivity index (χ1) is 6.63. The third-order valence-electron chi connectivity index (χ3n) is 1.76. The number of carbonyl (C=O) groups excluding carboxylic acids is 2. The Bertz CT molecular complexity index is 254. The Morgan fingerprint density at radius 2 is 2.14 bits per heavy atom. The fourth-order valence-corrected chi connectivity index (χ4v) is 0.835. The molecule has 1 rings (SSSR count). The van der Waals surface area contributed by atoms with E-state index in [0.29, 0.717) is 13.2 Å². The average molecular weight is 200 g/mol. The molecule has 0 aromatic carbocycles. The van der Waals surface area contributed by atoms with Gasteiger partial charge in [0.1, 0.15) is 6.10 Å². The van der Waals surface area contributed by atoms with Gasteiger partial charge in [0, 0.05) is 5.57 Å². The second-order valence-electron chi connectivity index (χ2n) is 2.92. The summed E-state index contributed by atoms with van der Waals surface area (Å²) < 4.78 is 14.1. The fraction of sp³-hybridized carbons (Fsp3) is 0.556. The molecule has 5 nitrogen and oxygen atoms in total. The van der Waals surface area contributed by atoms with Gasteiger partial charge in [-0.15, -0.1) is 0 Å². The zero-order chi connectivity index (χ0) is 10.6. The van der Waals surface area contributed by atoms with Crippen LogP contribution in [0.5, 0.6) is 0 Å². The van der Waals surface area contributed by atoms with Gasteiger partial charge in [0.15, 0.2) is 0 Å². The fourth-order valence-electron chi connectivity index (χ4n) is 0.835. The van der Waals surface area contributed by atoms with Crippen LogP contribution in [-0.2, 0) is 23.8 Å². The Labute approximate surface area is 81.6 Å². The van der Waals surface area contributed by atoms with Crippen LogP contribution < -0.4 is 0 Å². The minimum Gasteiger partial charge on any atom is -0.469 e. The maximum absolute atomic E-state index is 11.2. The third-order valence-corrected chi connectivity index (χ3v) is 1.76. The molecular weight excluding hydrogens is 188 g/mol. The second-order valence-corrected chi connectivity index (χ2v) is 2.92. The maximum Gasteiger partial charge on any atom is 0.334 e. The van der Waals surface area contributed by atoms with Crippen molar-refractivity contribution in [3.05, 3.63) is 12.2 Å². The van der Waals surface area contributed by atoms with Gasteiger partial charge in [-0.1, -0.05) is 6.58 Å². The van der Waals surface area contributed by atoms with Crippen molar-refractivity contribution in [2.24, 2.45) is 0 Å². The molecular formula is C9H12O5. The van der Waals surface area contributed by atoms with E-state index in [1.165, 1.54) is 7.11 Å². The molecule has 0 unspecified atom stereocenters. The van der Waals surface area contributed by atoms with E-state index in [1.807, 2.05) is 0 Å². The van der Waals surface area contributed by atoms with Crippen LogP contribution in [0.2, 0.25) is 0 Å². The number of esters is 2. The van der Waals surface area contributed by atoms with E-state index in [0.717, 1.165) is 0 Å². The summed E-state index contributed by atoms with van der Waals surface area (Å²) in [7, 11) is 1.25. The highest BCUT2D eigenvalue weighted by Crippen LogP contribution is 2.10. The molecule has 1 fully saturated rings. The Balaban J connectivity index is 2.28. The number of hydrogen-bond acceptors (Lipinski definition) is 5. The normalized spacial score (nSPS) is 15.5. The van der Waals surface area contributed by atoms with E-state index in [1.54, 1.807) is 0 Å². The van der Waals surface area contributed by atoms with Crippen LogP contribution >= 0.6 is 0 Å². The van der Waals surface area contributed by atoms with Crippen molar-refractivity contribution >= 4 is 11.9 Å². The Morgan fingerprint density at radius 3 is 2.57 bits per heavy atom. The Kier molecular flexibility index (Phi) is 3.64. The lowest BCUT2D eigenvalue weighted by Crippen LogP contribution is -2.38. The molecule has 0 radical (unpaired) electrons. The molecule has 1 heterocycles. The van der Waals surface area contributed by atoms with Crippen LogP contribution in [0.15, 0.2) is 12.2 Å². The highest BCUT2D eigenvalue weighted by molar-refractivity contribution is 5.93.